The van der Waals surface area contributed by atoms with Crippen LogP contribution in [0.2, 0.25) is 0 Å². The molecule has 1 aliphatic rings. The van der Waals surface area contributed by atoms with Crippen LogP contribution >= 0.6 is 24.0 Å². The fourth-order valence-corrected chi connectivity index (χ4v) is 3.21. The lowest BCUT2D eigenvalue weighted by Gasteiger charge is -2.35. The Labute approximate surface area is 180 Å². The summed E-state index contributed by atoms with van der Waals surface area (Å²) >= 11 is 0. The van der Waals surface area contributed by atoms with Gasteiger partial charge in [-0.1, -0.05) is 13.8 Å². The summed E-state index contributed by atoms with van der Waals surface area (Å²) in [6.07, 6.45) is 7.21. The predicted molar refractivity (Wildman–Crippen MR) is 121 cm³/mol. The Balaban J connectivity index is 0.00000364. The van der Waals surface area contributed by atoms with E-state index >= 15 is 0 Å². The van der Waals surface area contributed by atoms with E-state index in [2.05, 4.69) is 41.7 Å². The van der Waals surface area contributed by atoms with Crippen LogP contribution in [0.25, 0.3) is 0 Å². The maximum atomic E-state index is 12.0. The zero-order valence-corrected chi connectivity index (χ0v) is 19.4. The Morgan fingerprint density at radius 3 is 2.59 bits per heavy atom. The topological polar surface area (TPSA) is 78.7 Å². The standard InChI is InChI=1S/C20H34N4O2.HI/c1-5-21-19(24-16-7-10-20(3,4)11-8-16)23-13-6-12-22-18(25)17-15(2)9-14-26-17;/h9,14,16H,5-8,10-13H2,1-4H3,(H,22,25)(H2,21,23,24);1H. The maximum absolute atomic E-state index is 12.0. The molecule has 3 N–H and O–H groups in total. The lowest BCUT2D eigenvalue weighted by molar-refractivity contribution is 0.0925. The minimum absolute atomic E-state index is 0. The number of nitrogens with one attached hydrogen (secondary N) is 3. The molecule has 1 amide bonds. The molecule has 0 spiro atoms. The Hall–Kier alpha value is -1.25. The second-order valence-electron chi connectivity index (χ2n) is 7.89. The number of hydrogen-bond acceptors (Lipinski definition) is 3. The van der Waals surface area contributed by atoms with Gasteiger partial charge in [0, 0.05) is 31.2 Å². The monoisotopic (exact) mass is 490 g/mol. The zero-order chi connectivity index (χ0) is 19.0. The van der Waals surface area contributed by atoms with Gasteiger partial charge in [-0.3, -0.25) is 9.79 Å². The number of rotatable bonds is 7. The molecule has 1 aromatic heterocycles. The lowest BCUT2D eigenvalue weighted by atomic mass is 9.75. The van der Waals surface area contributed by atoms with Gasteiger partial charge >= 0.3 is 0 Å². The molecule has 0 saturated heterocycles. The normalized spacial score (nSPS) is 17.1. The number of carbonyl (C=O) groups is 1. The summed E-state index contributed by atoms with van der Waals surface area (Å²) in [6.45, 7) is 10.7. The van der Waals surface area contributed by atoms with E-state index in [1.54, 1.807) is 6.07 Å². The average Bonchev–Trinajstić information content (AvgIpc) is 3.02. The van der Waals surface area contributed by atoms with Crippen molar-refractivity contribution in [2.24, 2.45) is 10.4 Å². The summed E-state index contributed by atoms with van der Waals surface area (Å²) in [6, 6.07) is 2.29. The number of hydrogen-bond donors (Lipinski definition) is 3. The highest BCUT2D eigenvalue weighted by Gasteiger charge is 2.27. The maximum Gasteiger partial charge on any atom is 0.287 e. The molecule has 0 bridgehead atoms. The molecule has 0 unspecified atom stereocenters. The highest BCUT2D eigenvalue weighted by molar-refractivity contribution is 14.0. The molecule has 7 heteroatoms. The summed E-state index contributed by atoms with van der Waals surface area (Å²) in [5, 5.41) is 9.76. The first-order valence-electron chi connectivity index (χ1n) is 9.78. The molecule has 1 aromatic rings. The molecule has 1 heterocycles. The molecule has 0 radical (unpaired) electrons. The summed E-state index contributed by atoms with van der Waals surface area (Å²) in [7, 11) is 0. The van der Waals surface area contributed by atoms with E-state index in [1.165, 1.54) is 31.9 Å². The van der Waals surface area contributed by atoms with Gasteiger partial charge in [-0.15, -0.1) is 24.0 Å². The van der Waals surface area contributed by atoms with Crippen molar-refractivity contribution in [3.8, 4) is 0 Å². The molecule has 154 valence electrons. The largest absolute Gasteiger partial charge is 0.459 e. The number of halogens is 1. The predicted octanol–water partition coefficient (Wildman–Crippen LogP) is 3.85. The minimum Gasteiger partial charge on any atom is -0.459 e. The van der Waals surface area contributed by atoms with Gasteiger partial charge in [0.05, 0.1) is 6.26 Å². The van der Waals surface area contributed by atoms with Crippen LogP contribution < -0.4 is 16.0 Å². The molecule has 1 aliphatic carbocycles. The number of aliphatic imine (C=N–C) groups is 1. The average molecular weight is 490 g/mol. The molecule has 27 heavy (non-hydrogen) atoms. The first-order chi connectivity index (χ1) is 12.4. The van der Waals surface area contributed by atoms with Crippen molar-refractivity contribution in [3.05, 3.63) is 23.7 Å². The van der Waals surface area contributed by atoms with Crippen LogP contribution in [0.4, 0.5) is 0 Å². The molecule has 2 rings (SSSR count). The van der Waals surface area contributed by atoms with Crippen molar-refractivity contribution in [2.45, 2.75) is 65.8 Å². The van der Waals surface area contributed by atoms with Gasteiger partial charge < -0.3 is 20.4 Å². The van der Waals surface area contributed by atoms with Gasteiger partial charge in [-0.05, 0) is 57.4 Å². The molecule has 0 aromatic carbocycles. The Bertz CT molecular complexity index is 603. The summed E-state index contributed by atoms with van der Waals surface area (Å²) in [5.74, 6) is 1.11. The Kier molecular flexibility index (Phi) is 10.2. The van der Waals surface area contributed by atoms with Gasteiger partial charge in [0.2, 0.25) is 0 Å². The molecule has 1 fully saturated rings. The third kappa shape index (κ3) is 8.11. The van der Waals surface area contributed by atoms with E-state index in [1.807, 2.05) is 6.92 Å². The second kappa shape index (κ2) is 11.6. The van der Waals surface area contributed by atoms with Gasteiger partial charge in [-0.2, -0.15) is 0 Å². The van der Waals surface area contributed by atoms with Crippen LogP contribution in [0.15, 0.2) is 21.7 Å². The Morgan fingerprint density at radius 2 is 2.00 bits per heavy atom. The zero-order valence-electron chi connectivity index (χ0n) is 17.1. The number of carbonyl (C=O) groups excluding carboxylic acids is 1. The van der Waals surface area contributed by atoms with Crippen molar-refractivity contribution in [1.82, 2.24) is 16.0 Å². The van der Waals surface area contributed by atoms with Crippen LogP contribution in [-0.4, -0.2) is 37.5 Å². The van der Waals surface area contributed by atoms with Crippen LogP contribution in [-0.2, 0) is 0 Å². The highest BCUT2D eigenvalue weighted by atomic mass is 127. The number of furan rings is 1. The molecule has 0 aliphatic heterocycles. The minimum atomic E-state index is -0.161. The van der Waals surface area contributed by atoms with Gasteiger partial charge in [-0.25, -0.2) is 0 Å². The lowest BCUT2D eigenvalue weighted by Crippen LogP contribution is -2.45. The van der Waals surface area contributed by atoms with Crippen molar-refractivity contribution >= 4 is 35.8 Å². The molecule has 0 atom stereocenters. The second-order valence-corrected chi connectivity index (χ2v) is 7.89. The van der Waals surface area contributed by atoms with Gasteiger partial charge in [0.1, 0.15) is 0 Å². The van der Waals surface area contributed by atoms with Crippen LogP contribution in [0.3, 0.4) is 0 Å². The molecule has 1 saturated carbocycles. The fraction of sp³-hybridized carbons (Fsp3) is 0.700. The summed E-state index contributed by atoms with van der Waals surface area (Å²) < 4.78 is 5.19. The van der Waals surface area contributed by atoms with Crippen LogP contribution in [0.1, 0.15) is 69.0 Å². The van der Waals surface area contributed by atoms with E-state index in [0.29, 0.717) is 30.3 Å². The summed E-state index contributed by atoms with van der Waals surface area (Å²) in [4.78, 5) is 16.6. The third-order valence-corrected chi connectivity index (χ3v) is 4.98. The van der Waals surface area contributed by atoms with E-state index in [9.17, 15) is 4.79 Å². The third-order valence-electron chi connectivity index (χ3n) is 4.98. The Morgan fingerprint density at radius 1 is 1.30 bits per heavy atom. The van der Waals surface area contributed by atoms with Gasteiger partial charge in [0.15, 0.2) is 11.7 Å². The van der Waals surface area contributed by atoms with Gasteiger partial charge in [0.25, 0.3) is 5.91 Å². The first kappa shape index (κ1) is 23.8. The molecule has 6 nitrogen and oxygen atoms in total. The first-order valence-corrected chi connectivity index (χ1v) is 9.78. The quantitative estimate of drug-likeness (QED) is 0.235. The van der Waals surface area contributed by atoms with Crippen molar-refractivity contribution in [2.75, 3.05) is 19.6 Å². The van der Waals surface area contributed by atoms with E-state index in [4.69, 9.17) is 4.42 Å². The number of amides is 1. The number of nitrogens with zero attached hydrogens (tertiary/aromatic N) is 1. The fourth-order valence-electron chi connectivity index (χ4n) is 3.21. The van der Waals surface area contributed by atoms with Crippen molar-refractivity contribution in [3.63, 3.8) is 0 Å². The van der Waals surface area contributed by atoms with Crippen molar-refractivity contribution in [1.29, 1.82) is 0 Å². The smallest absolute Gasteiger partial charge is 0.287 e. The highest BCUT2D eigenvalue weighted by Crippen LogP contribution is 2.34. The van der Waals surface area contributed by atoms with Crippen molar-refractivity contribution < 1.29 is 9.21 Å². The van der Waals surface area contributed by atoms with E-state index in [0.717, 1.165) is 24.5 Å². The van der Waals surface area contributed by atoms with Crippen LogP contribution in [0.5, 0.6) is 0 Å². The summed E-state index contributed by atoms with van der Waals surface area (Å²) in [5.41, 5.74) is 1.33. The molecular weight excluding hydrogens is 455 g/mol. The number of guanidine groups is 1. The van der Waals surface area contributed by atoms with Crippen LogP contribution in [0, 0.1) is 12.3 Å². The number of aryl methyl sites for hydroxylation is 1. The molecular formula is C20H35IN4O2. The van der Waals surface area contributed by atoms with E-state index < -0.39 is 0 Å². The SMILES string of the molecule is CCNC(=NCCCNC(=O)c1occc1C)NC1CCC(C)(C)CC1.I. The van der Waals surface area contributed by atoms with E-state index in [-0.39, 0.29) is 29.9 Å².